The highest BCUT2D eigenvalue weighted by molar-refractivity contribution is 5.36. The molecular weight excluding hydrogens is 322 g/mol. The summed E-state index contributed by atoms with van der Waals surface area (Å²) in [6.07, 6.45) is -3.84. The lowest BCUT2D eigenvalue weighted by atomic mass is 9.98. The van der Waals surface area contributed by atoms with Gasteiger partial charge in [-0.05, 0) is 12.1 Å². The Labute approximate surface area is 139 Å². The standard InChI is InChI=1S/C15H21NO8/c1-20-8-11-13(21-2)14(22-3)12(17)15(24-11)23-10-6-4-9(5-7-10)16(18)19/h4-7,11-15,17H,8H2,1-3H3/t11-,12-,13-,14-,15-/m1/s1. The smallest absolute Gasteiger partial charge is 0.269 e. The van der Waals surface area contributed by atoms with Gasteiger partial charge in [0.15, 0.2) is 0 Å². The van der Waals surface area contributed by atoms with Crippen LogP contribution in [0.3, 0.4) is 0 Å². The normalized spacial score (nSPS) is 30.1. The summed E-state index contributed by atoms with van der Waals surface area (Å²) in [6, 6.07) is 5.49. The maximum absolute atomic E-state index is 10.7. The third-order valence-corrected chi connectivity index (χ3v) is 3.79. The largest absolute Gasteiger partial charge is 0.462 e. The minimum Gasteiger partial charge on any atom is -0.462 e. The monoisotopic (exact) mass is 343 g/mol. The Hall–Kier alpha value is -1.78. The van der Waals surface area contributed by atoms with E-state index in [9.17, 15) is 15.2 Å². The molecule has 1 fully saturated rings. The molecule has 0 aromatic heterocycles. The summed E-state index contributed by atoms with van der Waals surface area (Å²) in [4.78, 5) is 10.2. The van der Waals surface area contributed by atoms with E-state index in [2.05, 4.69) is 0 Å². The van der Waals surface area contributed by atoms with Gasteiger partial charge in [-0.15, -0.1) is 0 Å². The van der Waals surface area contributed by atoms with Crippen LogP contribution in [-0.2, 0) is 18.9 Å². The zero-order valence-electron chi connectivity index (χ0n) is 13.7. The molecule has 9 heteroatoms. The molecule has 0 amide bonds. The van der Waals surface area contributed by atoms with Crippen LogP contribution in [0, 0.1) is 10.1 Å². The van der Waals surface area contributed by atoms with Gasteiger partial charge in [-0.1, -0.05) is 0 Å². The van der Waals surface area contributed by atoms with Crippen molar-refractivity contribution in [1.82, 2.24) is 0 Å². The van der Waals surface area contributed by atoms with E-state index in [1.807, 2.05) is 0 Å². The predicted octanol–water partition coefficient (Wildman–Crippen LogP) is 0.736. The van der Waals surface area contributed by atoms with Crippen molar-refractivity contribution in [3.8, 4) is 5.75 Å². The van der Waals surface area contributed by atoms with Crippen molar-refractivity contribution in [1.29, 1.82) is 0 Å². The number of hydrogen-bond donors (Lipinski definition) is 1. The van der Waals surface area contributed by atoms with E-state index in [4.69, 9.17) is 23.7 Å². The van der Waals surface area contributed by atoms with Crippen LogP contribution in [0.1, 0.15) is 0 Å². The number of nitro benzene ring substituents is 1. The summed E-state index contributed by atoms with van der Waals surface area (Å²) in [5, 5.41) is 21.1. The van der Waals surface area contributed by atoms with Crippen molar-refractivity contribution >= 4 is 5.69 Å². The molecule has 1 saturated heterocycles. The number of methoxy groups -OCH3 is 3. The molecule has 1 aliphatic rings. The first-order valence-electron chi connectivity index (χ1n) is 7.31. The lowest BCUT2D eigenvalue weighted by molar-refractivity contribution is -0.384. The summed E-state index contributed by atoms with van der Waals surface area (Å²) < 4.78 is 27.1. The number of rotatable bonds is 7. The Bertz CT molecular complexity index is 537. The maximum Gasteiger partial charge on any atom is 0.269 e. The second-order valence-corrected chi connectivity index (χ2v) is 5.26. The Balaban J connectivity index is 2.14. The van der Waals surface area contributed by atoms with Crippen LogP contribution in [0.15, 0.2) is 24.3 Å². The van der Waals surface area contributed by atoms with Gasteiger partial charge in [0.25, 0.3) is 5.69 Å². The van der Waals surface area contributed by atoms with Crippen LogP contribution in [-0.4, -0.2) is 68.7 Å². The Kier molecular flexibility index (Phi) is 6.46. The van der Waals surface area contributed by atoms with E-state index in [0.717, 1.165) is 0 Å². The summed E-state index contributed by atoms with van der Waals surface area (Å²) in [5.74, 6) is 0.325. The second-order valence-electron chi connectivity index (χ2n) is 5.26. The Morgan fingerprint density at radius 2 is 1.79 bits per heavy atom. The van der Waals surface area contributed by atoms with Gasteiger partial charge in [0.05, 0.1) is 11.5 Å². The van der Waals surface area contributed by atoms with Gasteiger partial charge in [0.1, 0.15) is 30.2 Å². The fraction of sp³-hybridized carbons (Fsp3) is 0.600. The van der Waals surface area contributed by atoms with Crippen molar-refractivity contribution < 1.29 is 33.7 Å². The average Bonchev–Trinajstić information content (AvgIpc) is 2.57. The van der Waals surface area contributed by atoms with E-state index in [0.29, 0.717) is 5.75 Å². The number of non-ortho nitro benzene ring substituents is 1. The first-order chi connectivity index (χ1) is 11.5. The number of nitro groups is 1. The van der Waals surface area contributed by atoms with Gasteiger partial charge < -0.3 is 28.8 Å². The van der Waals surface area contributed by atoms with Crippen molar-refractivity contribution in [2.75, 3.05) is 27.9 Å². The van der Waals surface area contributed by atoms with Crippen LogP contribution < -0.4 is 4.74 Å². The quantitative estimate of drug-likeness (QED) is 0.570. The number of aliphatic hydroxyl groups is 1. The van der Waals surface area contributed by atoms with Gasteiger partial charge in [-0.3, -0.25) is 10.1 Å². The lowest BCUT2D eigenvalue weighted by Crippen LogP contribution is -2.61. The fourth-order valence-electron chi connectivity index (χ4n) is 2.63. The van der Waals surface area contributed by atoms with Crippen LogP contribution in [0.2, 0.25) is 0 Å². The molecule has 1 N–H and O–H groups in total. The zero-order chi connectivity index (χ0) is 17.7. The predicted molar refractivity (Wildman–Crippen MR) is 81.9 cm³/mol. The molecule has 1 heterocycles. The molecule has 0 spiro atoms. The molecule has 0 bridgehead atoms. The van der Waals surface area contributed by atoms with Crippen LogP contribution in [0.25, 0.3) is 0 Å². The molecule has 9 nitrogen and oxygen atoms in total. The van der Waals surface area contributed by atoms with E-state index in [1.165, 1.54) is 45.6 Å². The van der Waals surface area contributed by atoms with E-state index < -0.39 is 35.6 Å². The summed E-state index contributed by atoms with van der Waals surface area (Å²) in [7, 11) is 4.47. The average molecular weight is 343 g/mol. The van der Waals surface area contributed by atoms with E-state index in [1.54, 1.807) is 0 Å². The van der Waals surface area contributed by atoms with E-state index >= 15 is 0 Å². The topological polar surface area (TPSA) is 110 Å². The number of aliphatic hydroxyl groups excluding tert-OH is 1. The summed E-state index contributed by atoms with van der Waals surface area (Å²) in [6.45, 7) is 0.227. The Morgan fingerprint density at radius 1 is 1.17 bits per heavy atom. The molecule has 0 saturated carbocycles. The first-order valence-corrected chi connectivity index (χ1v) is 7.31. The number of hydrogen-bond acceptors (Lipinski definition) is 8. The van der Waals surface area contributed by atoms with E-state index in [-0.39, 0.29) is 12.3 Å². The maximum atomic E-state index is 10.7. The highest BCUT2D eigenvalue weighted by Gasteiger charge is 2.47. The van der Waals surface area contributed by atoms with Gasteiger partial charge in [-0.2, -0.15) is 0 Å². The molecule has 1 aromatic rings. The SMILES string of the molecule is COC[C@H]1O[C@@H](Oc2ccc([N+](=O)[O-])cc2)[C@H](O)[C@@H](OC)[C@@H]1OC. The van der Waals surface area contributed by atoms with Gasteiger partial charge >= 0.3 is 0 Å². The zero-order valence-corrected chi connectivity index (χ0v) is 13.7. The molecular formula is C15H21NO8. The van der Waals surface area contributed by atoms with Crippen LogP contribution >= 0.6 is 0 Å². The lowest BCUT2D eigenvalue weighted by Gasteiger charge is -2.42. The third-order valence-electron chi connectivity index (χ3n) is 3.79. The van der Waals surface area contributed by atoms with Crippen molar-refractivity contribution in [3.05, 3.63) is 34.4 Å². The fourth-order valence-corrected chi connectivity index (χ4v) is 2.63. The number of benzene rings is 1. The molecule has 0 radical (unpaired) electrons. The first kappa shape index (κ1) is 18.6. The van der Waals surface area contributed by atoms with Crippen molar-refractivity contribution in [2.45, 2.75) is 30.7 Å². The molecule has 134 valence electrons. The highest BCUT2D eigenvalue weighted by atomic mass is 16.7. The third kappa shape index (κ3) is 4.00. The minimum absolute atomic E-state index is 0.0565. The van der Waals surface area contributed by atoms with Crippen LogP contribution in [0.4, 0.5) is 5.69 Å². The number of nitrogens with zero attached hydrogens (tertiary/aromatic N) is 1. The summed E-state index contributed by atoms with van der Waals surface area (Å²) >= 11 is 0. The molecule has 5 atom stereocenters. The molecule has 24 heavy (non-hydrogen) atoms. The van der Waals surface area contributed by atoms with Gasteiger partial charge in [0, 0.05) is 33.5 Å². The molecule has 1 aliphatic heterocycles. The van der Waals surface area contributed by atoms with Crippen molar-refractivity contribution in [2.24, 2.45) is 0 Å². The van der Waals surface area contributed by atoms with Gasteiger partial charge in [-0.25, -0.2) is 0 Å². The number of ether oxygens (including phenoxy) is 5. The van der Waals surface area contributed by atoms with Crippen molar-refractivity contribution in [3.63, 3.8) is 0 Å². The van der Waals surface area contributed by atoms with Gasteiger partial charge in [0.2, 0.25) is 6.29 Å². The molecule has 0 unspecified atom stereocenters. The summed E-state index contributed by atoms with van der Waals surface area (Å²) in [5.41, 5.74) is -0.0565. The molecule has 2 rings (SSSR count). The minimum atomic E-state index is -1.11. The van der Waals surface area contributed by atoms with Crippen LogP contribution in [0.5, 0.6) is 5.75 Å². The Morgan fingerprint density at radius 3 is 2.29 bits per heavy atom. The molecule has 1 aromatic carbocycles. The second kappa shape index (κ2) is 8.36. The molecule has 0 aliphatic carbocycles. The highest BCUT2D eigenvalue weighted by Crippen LogP contribution is 2.28.